The molecule has 0 bridgehead atoms. The normalized spacial score (nSPS) is 10.2. The first-order valence-electron chi connectivity index (χ1n) is 6.48. The van der Waals surface area contributed by atoms with Crippen LogP contribution in [0.25, 0.3) is 0 Å². The van der Waals surface area contributed by atoms with Crippen LogP contribution in [0.5, 0.6) is 0 Å². The quantitative estimate of drug-likeness (QED) is 0.789. The molecule has 0 unspecified atom stereocenters. The van der Waals surface area contributed by atoms with Crippen molar-refractivity contribution in [1.82, 2.24) is 0 Å². The third-order valence-electron chi connectivity index (χ3n) is 3.07. The molecular formula is C14H23N3O. The molecule has 0 fully saturated rings. The van der Waals surface area contributed by atoms with Crippen LogP contribution in [0.2, 0.25) is 0 Å². The Hall–Kier alpha value is -1.71. The van der Waals surface area contributed by atoms with Gasteiger partial charge in [-0.25, -0.2) is 0 Å². The highest BCUT2D eigenvalue weighted by Crippen LogP contribution is 2.30. The van der Waals surface area contributed by atoms with E-state index in [0.717, 1.165) is 35.7 Å². The van der Waals surface area contributed by atoms with E-state index in [2.05, 4.69) is 24.1 Å². The zero-order valence-corrected chi connectivity index (χ0v) is 11.7. The lowest BCUT2D eigenvalue weighted by Gasteiger charge is -2.24. The highest BCUT2D eigenvalue weighted by atomic mass is 16.1. The van der Waals surface area contributed by atoms with Crippen LogP contribution in [-0.2, 0) is 4.79 Å². The summed E-state index contributed by atoms with van der Waals surface area (Å²) in [5, 5.41) is 2.91. The van der Waals surface area contributed by atoms with E-state index in [1.165, 1.54) is 0 Å². The molecule has 1 aromatic rings. The van der Waals surface area contributed by atoms with Gasteiger partial charge in [0.05, 0.1) is 11.4 Å². The van der Waals surface area contributed by atoms with Crippen molar-refractivity contribution < 1.29 is 4.79 Å². The molecule has 100 valence electrons. The van der Waals surface area contributed by atoms with E-state index >= 15 is 0 Å². The maximum atomic E-state index is 11.5. The van der Waals surface area contributed by atoms with Crippen molar-refractivity contribution >= 4 is 23.0 Å². The Morgan fingerprint density at radius 2 is 1.89 bits per heavy atom. The van der Waals surface area contributed by atoms with Crippen LogP contribution in [0.4, 0.5) is 17.1 Å². The maximum absolute atomic E-state index is 11.5. The van der Waals surface area contributed by atoms with Gasteiger partial charge < -0.3 is 16.0 Å². The Morgan fingerprint density at radius 1 is 1.28 bits per heavy atom. The van der Waals surface area contributed by atoms with Gasteiger partial charge in [-0.1, -0.05) is 6.92 Å². The SMILES string of the molecule is CCC(=O)Nc1cc(N(CC)CC)c(N)cc1C. The van der Waals surface area contributed by atoms with E-state index in [0.29, 0.717) is 6.42 Å². The molecule has 4 heteroatoms. The fraction of sp³-hybridized carbons (Fsp3) is 0.500. The van der Waals surface area contributed by atoms with E-state index in [4.69, 9.17) is 5.73 Å². The Kier molecular flexibility index (Phi) is 5.01. The van der Waals surface area contributed by atoms with Crippen molar-refractivity contribution in [2.75, 3.05) is 29.0 Å². The van der Waals surface area contributed by atoms with Crippen molar-refractivity contribution in [2.24, 2.45) is 0 Å². The van der Waals surface area contributed by atoms with Gasteiger partial charge in [-0.15, -0.1) is 0 Å². The number of hydrogen-bond donors (Lipinski definition) is 2. The predicted octanol–water partition coefficient (Wildman–Crippen LogP) is 2.77. The van der Waals surface area contributed by atoms with Gasteiger partial charge in [0.1, 0.15) is 0 Å². The van der Waals surface area contributed by atoms with Crippen LogP contribution in [0.3, 0.4) is 0 Å². The second-order valence-electron chi connectivity index (χ2n) is 4.30. The minimum absolute atomic E-state index is 0.0216. The number of aryl methyl sites for hydroxylation is 1. The molecule has 1 rings (SSSR count). The summed E-state index contributed by atoms with van der Waals surface area (Å²) >= 11 is 0. The van der Waals surface area contributed by atoms with Gasteiger partial charge in [0.25, 0.3) is 0 Å². The van der Waals surface area contributed by atoms with Crippen LogP contribution < -0.4 is 16.0 Å². The van der Waals surface area contributed by atoms with E-state index in [9.17, 15) is 4.79 Å². The molecule has 3 N–H and O–H groups in total. The average molecular weight is 249 g/mol. The molecule has 0 aliphatic heterocycles. The number of carbonyl (C=O) groups excluding carboxylic acids is 1. The van der Waals surface area contributed by atoms with Crippen molar-refractivity contribution in [3.63, 3.8) is 0 Å². The molecule has 4 nitrogen and oxygen atoms in total. The molecule has 0 saturated carbocycles. The van der Waals surface area contributed by atoms with Gasteiger partial charge in [-0.05, 0) is 38.5 Å². The van der Waals surface area contributed by atoms with Crippen LogP contribution >= 0.6 is 0 Å². The smallest absolute Gasteiger partial charge is 0.224 e. The summed E-state index contributed by atoms with van der Waals surface area (Å²) in [7, 11) is 0. The molecular weight excluding hydrogens is 226 g/mol. The van der Waals surface area contributed by atoms with Crippen molar-refractivity contribution in [3.8, 4) is 0 Å². The molecule has 0 heterocycles. The summed E-state index contributed by atoms with van der Waals surface area (Å²) in [5.74, 6) is 0.0216. The zero-order valence-electron chi connectivity index (χ0n) is 11.7. The van der Waals surface area contributed by atoms with Gasteiger partial charge in [0.2, 0.25) is 5.91 Å². The molecule has 1 aromatic carbocycles. The van der Waals surface area contributed by atoms with Crippen LogP contribution in [0.15, 0.2) is 12.1 Å². The number of amides is 1. The number of nitrogens with one attached hydrogen (secondary N) is 1. The Balaban J connectivity index is 3.13. The highest BCUT2D eigenvalue weighted by molar-refractivity contribution is 5.93. The molecule has 0 aliphatic carbocycles. The van der Waals surface area contributed by atoms with Gasteiger partial charge in [0, 0.05) is 25.2 Å². The Morgan fingerprint density at radius 3 is 2.39 bits per heavy atom. The summed E-state index contributed by atoms with van der Waals surface area (Å²) in [5.41, 5.74) is 9.63. The third kappa shape index (κ3) is 3.15. The largest absolute Gasteiger partial charge is 0.397 e. The van der Waals surface area contributed by atoms with E-state index in [1.807, 2.05) is 26.0 Å². The molecule has 0 spiro atoms. The average Bonchev–Trinajstić information content (AvgIpc) is 2.35. The second kappa shape index (κ2) is 6.28. The minimum atomic E-state index is 0.0216. The first kappa shape index (κ1) is 14.4. The molecule has 1 amide bonds. The number of hydrogen-bond acceptors (Lipinski definition) is 3. The first-order valence-corrected chi connectivity index (χ1v) is 6.48. The summed E-state index contributed by atoms with van der Waals surface area (Å²) in [4.78, 5) is 13.7. The molecule has 0 atom stereocenters. The fourth-order valence-corrected chi connectivity index (χ4v) is 1.93. The zero-order chi connectivity index (χ0) is 13.7. The highest BCUT2D eigenvalue weighted by Gasteiger charge is 2.11. The third-order valence-corrected chi connectivity index (χ3v) is 3.07. The molecule has 0 aromatic heterocycles. The summed E-state index contributed by atoms with van der Waals surface area (Å²) < 4.78 is 0. The Labute approximate surface area is 109 Å². The summed E-state index contributed by atoms with van der Waals surface area (Å²) in [6.07, 6.45) is 0.477. The molecule has 0 saturated heterocycles. The number of benzene rings is 1. The van der Waals surface area contributed by atoms with Gasteiger partial charge in [-0.2, -0.15) is 0 Å². The number of carbonyl (C=O) groups is 1. The molecule has 18 heavy (non-hydrogen) atoms. The maximum Gasteiger partial charge on any atom is 0.224 e. The second-order valence-corrected chi connectivity index (χ2v) is 4.30. The van der Waals surface area contributed by atoms with Crippen LogP contribution in [0.1, 0.15) is 32.8 Å². The number of nitrogens with two attached hydrogens (primary N) is 1. The number of nitrogens with zero attached hydrogens (tertiary/aromatic N) is 1. The van der Waals surface area contributed by atoms with E-state index in [1.54, 1.807) is 0 Å². The standard InChI is InChI=1S/C14H23N3O/c1-5-14(18)16-12-9-13(17(6-2)7-3)11(15)8-10(12)4/h8-9H,5-7,15H2,1-4H3,(H,16,18). The predicted molar refractivity (Wildman–Crippen MR) is 78.1 cm³/mol. The van der Waals surface area contributed by atoms with Crippen LogP contribution in [0, 0.1) is 6.92 Å². The van der Waals surface area contributed by atoms with E-state index < -0.39 is 0 Å². The number of anilines is 3. The topological polar surface area (TPSA) is 58.4 Å². The lowest BCUT2D eigenvalue weighted by molar-refractivity contribution is -0.115. The minimum Gasteiger partial charge on any atom is -0.397 e. The lowest BCUT2D eigenvalue weighted by atomic mass is 10.1. The summed E-state index contributed by atoms with van der Waals surface area (Å²) in [6.45, 7) is 9.76. The fourth-order valence-electron chi connectivity index (χ4n) is 1.93. The monoisotopic (exact) mass is 249 g/mol. The van der Waals surface area contributed by atoms with Crippen molar-refractivity contribution in [2.45, 2.75) is 34.1 Å². The van der Waals surface area contributed by atoms with Gasteiger partial charge in [0.15, 0.2) is 0 Å². The number of nitrogen functional groups attached to an aromatic ring is 1. The first-order chi connectivity index (χ1) is 8.53. The summed E-state index contributed by atoms with van der Waals surface area (Å²) in [6, 6.07) is 3.88. The molecule has 0 aliphatic rings. The van der Waals surface area contributed by atoms with Crippen molar-refractivity contribution in [1.29, 1.82) is 0 Å². The van der Waals surface area contributed by atoms with Crippen molar-refractivity contribution in [3.05, 3.63) is 17.7 Å². The Bertz CT molecular complexity index is 425. The van der Waals surface area contributed by atoms with E-state index in [-0.39, 0.29) is 5.91 Å². The molecule has 0 radical (unpaired) electrons. The lowest BCUT2D eigenvalue weighted by Crippen LogP contribution is -2.23. The van der Waals surface area contributed by atoms with Crippen LogP contribution in [-0.4, -0.2) is 19.0 Å². The number of rotatable bonds is 5. The van der Waals surface area contributed by atoms with Gasteiger partial charge in [-0.3, -0.25) is 4.79 Å². The van der Waals surface area contributed by atoms with Gasteiger partial charge >= 0.3 is 0 Å².